The molecule has 2 heteroatoms. The van der Waals surface area contributed by atoms with Gasteiger partial charge in [-0.25, -0.2) is 0 Å². The molecule has 0 bridgehead atoms. The monoisotopic (exact) mass is 677 g/mol. The van der Waals surface area contributed by atoms with Gasteiger partial charge in [0.2, 0.25) is 0 Å². The Morgan fingerprint density at radius 2 is 0.981 bits per heavy atom. The first-order valence-electron chi connectivity index (χ1n) is 18.4. The van der Waals surface area contributed by atoms with Crippen molar-refractivity contribution in [3.8, 4) is 22.3 Å². The van der Waals surface area contributed by atoms with Gasteiger partial charge in [0.15, 0.2) is 0 Å². The molecule has 1 heterocycles. The molecule has 0 saturated carbocycles. The summed E-state index contributed by atoms with van der Waals surface area (Å²) in [6.45, 7) is 4.67. The van der Waals surface area contributed by atoms with E-state index >= 15 is 0 Å². The topological polar surface area (TPSA) is 16.4 Å². The lowest BCUT2D eigenvalue weighted by molar-refractivity contribution is 0.660. The summed E-state index contributed by atoms with van der Waals surface area (Å²) in [5.74, 6) is 0. The van der Waals surface area contributed by atoms with Crippen molar-refractivity contribution in [1.29, 1.82) is 0 Å². The molecule has 0 spiro atoms. The Hall–Kier alpha value is -6.64. The van der Waals surface area contributed by atoms with E-state index in [9.17, 15) is 0 Å². The van der Waals surface area contributed by atoms with E-state index in [0.29, 0.717) is 0 Å². The van der Waals surface area contributed by atoms with Crippen molar-refractivity contribution in [3.63, 3.8) is 0 Å². The van der Waals surface area contributed by atoms with Gasteiger partial charge in [0, 0.05) is 39.3 Å². The highest BCUT2D eigenvalue weighted by molar-refractivity contribution is 6.21. The number of para-hydroxylation sites is 1. The predicted octanol–water partition coefficient (Wildman–Crippen LogP) is 14.5. The number of hydrogen-bond acceptors (Lipinski definition) is 2. The van der Waals surface area contributed by atoms with Gasteiger partial charge in [0.25, 0.3) is 0 Å². The van der Waals surface area contributed by atoms with Gasteiger partial charge in [-0.3, -0.25) is 0 Å². The molecule has 0 aliphatic heterocycles. The lowest BCUT2D eigenvalue weighted by Crippen LogP contribution is -2.15. The highest BCUT2D eigenvalue weighted by Gasteiger charge is 2.35. The quantitative estimate of drug-likeness (QED) is 0.172. The molecule has 53 heavy (non-hydrogen) atoms. The van der Waals surface area contributed by atoms with Gasteiger partial charge in [0.05, 0.1) is 0 Å². The number of nitrogens with zero attached hydrogens (tertiary/aromatic N) is 1. The zero-order valence-electron chi connectivity index (χ0n) is 29.6. The standard InChI is InChI=1S/C51H35NO/c1-51(2)47-17-9-7-15-41(47)46-29-35(25-28-48(46)51)52(36-24-27-43-42-16-8-10-18-49(42)53-50(43)30-36)34-22-19-33(20-23-34)44-31-45-37-12-4-3-11-32(37)21-26-40(45)38-13-5-6-14-39(38)44/h3-31H,1-2H3. The van der Waals surface area contributed by atoms with Crippen LogP contribution in [0.4, 0.5) is 17.1 Å². The van der Waals surface area contributed by atoms with Gasteiger partial charge in [-0.1, -0.05) is 135 Å². The van der Waals surface area contributed by atoms with Crippen LogP contribution in [0.1, 0.15) is 25.0 Å². The van der Waals surface area contributed by atoms with Gasteiger partial charge < -0.3 is 9.32 Å². The number of hydrogen-bond donors (Lipinski definition) is 0. The van der Waals surface area contributed by atoms with Crippen LogP contribution in [0.15, 0.2) is 180 Å². The third-order valence-electron chi connectivity index (χ3n) is 11.6. The van der Waals surface area contributed by atoms with Gasteiger partial charge in [-0.05, 0) is 114 Å². The molecular weight excluding hydrogens is 643 g/mol. The molecule has 2 nitrogen and oxygen atoms in total. The van der Waals surface area contributed by atoms with Gasteiger partial charge in [-0.2, -0.15) is 0 Å². The van der Waals surface area contributed by atoms with Crippen molar-refractivity contribution >= 4 is 71.3 Å². The van der Waals surface area contributed by atoms with Crippen LogP contribution in [0, 0.1) is 0 Å². The Kier molecular flexibility index (Phi) is 6.33. The van der Waals surface area contributed by atoms with E-state index in [4.69, 9.17) is 4.42 Å². The van der Waals surface area contributed by atoms with Crippen LogP contribution in [-0.2, 0) is 5.41 Å². The lowest BCUT2D eigenvalue weighted by atomic mass is 9.82. The van der Waals surface area contributed by atoms with E-state index in [-0.39, 0.29) is 5.41 Å². The molecule has 0 amide bonds. The third kappa shape index (κ3) is 4.45. The first-order valence-corrected chi connectivity index (χ1v) is 18.4. The second-order valence-electron chi connectivity index (χ2n) is 14.9. The van der Waals surface area contributed by atoms with E-state index in [2.05, 4.69) is 183 Å². The summed E-state index contributed by atoms with van der Waals surface area (Å²) < 4.78 is 6.42. The zero-order valence-corrected chi connectivity index (χ0v) is 29.6. The highest BCUT2D eigenvalue weighted by Crippen LogP contribution is 2.51. The molecular formula is C51H35NO. The number of anilines is 3. The summed E-state index contributed by atoms with van der Waals surface area (Å²) in [5.41, 5.74) is 12.8. The smallest absolute Gasteiger partial charge is 0.137 e. The normalized spacial score (nSPS) is 13.2. The molecule has 10 aromatic rings. The minimum absolute atomic E-state index is 0.0575. The fourth-order valence-corrected chi connectivity index (χ4v) is 9.04. The minimum Gasteiger partial charge on any atom is -0.456 e. The van der Waals surface area contributed by atoms with E-state index in [0.717, 1.165) is 39.0 Å². The van der Waals surface area contributed by atoms with Crippen LogP contribution in [0.25, 0.3) is 76.5 Å². The van der Waals surface area contributed by atoms with Crippen molar-refractivity contribution in [1.82, 2.24) is 0 Å². The van der Waals surface area contributed by atoms with E-state index in [1.165, 1.54) is 65.7 Å². The Morgan fingerprint density at radius 3 is 1.85 bits per heavy atom. The average Bonchev–Trinajstić information content (AvgIpc) is 3.69. The molecule has 1 aromatic heterocycles. The molecule has 1 aliphatic rings. The van der Waals surface area contributed by atoms with E-state index < -0.39 is 0 Å². The third-order valence-corrected chi connectivity index (χ3v) is 11.6. The first-order chi connectivity index (χ1) is 26.0. The van der Waals surface area contributed by atoms with Crippen molar-refractivity contribution in [2.75, 3.05) is 4.90 Å². The molecule has 0 atom stereocenters. The van der Waals surface area contributed by atoms with Crippen LogP contribution < -0.4 is 4.90 Å². The number of rotatable bonds is 4. The molecule has 1 aliphatic carbocycles. The number of fused-ring (bicyclic) bond motifs is 11. The van der Waals surface area contributed by atoms with E-state index in [1.54, 1.807) is 0 Å². The minimum atomic E-state index is -0.0575. The highest BCUT2D eigenvalue weighted by atomic mass is 16.3. The van der Waals surface area contributed by atoms with Gasteiger partial charge in [-0.15, -0.1) is 0 Å². The number of furan rings is 1. The molecule has 0 unspecified atom stereocenters. The Bertz CT molecular complexity index is 3090. The molecule has 0 saturated heterocycles. The van der Waals surface area contributed by atoms with Crippen LogP contribution in [0.3, 0.4) is 0 Å². The van der Waals surface area contributed by atoms with Crippen molar-refractivity contribution < 1.29 is 4.42 Å². The zero-order chi connectivity index (χ0) is 35.3. The van der Waals surface area contributed by atoms with Crippen LogP contribution in [-0.4, -0.2) is 0 Å². The summed E-state index contributed by atoms with van der Waals surface area (Å²) in [6.07, 6.45) is 0. The fourth-order valence-electron chi connectivity index (χ4n) is 9.04. The Morgan fingerprint density at radius 1 is 0.377 bits per heavy atom. The fraction of sp³-hybridized carbons (Fsp3) is 0.0588. The maximum absolute atomic E-state index is 6.42. The van der Waals surface area contributed by atoms with Gasteiger partial charge >= 0.3 is 0 Å². The largest absolute Gasteiger partial charge is 0.456 e. The maximum Gasteiger partial charge on any atom is 0.137 e. The van der Waals surface area contributed by atoms with Crippen LogP contribution in [0.5, 0.6) is 0 Å². The molecule has 0 fully saturated rings. The summed E-state index contributed by atoms with van der Waals surface area (Å²) in [5, 5.41) is 9.90. The Labute approximate surface area is 308 Å². The van der Waals surface area contributed by atoms with Crippen molar-refractivity contribution in [2.24, 2.45) is 0 Å². The lowest BCUT2D eigenvalue weighted by Gasteiger charge is -2.27. The average molecular weight is 678 g/mol. The summed E-state index contributed by atoms with van der Waals surface area (Å²) >= 11 is 0. The molecule has 11 rings (SSSR count). The molecule has 0 radical (unpaired) electrons. The van der Waals surface area contributed by atoms with Crippen LogP contribution in [0.2, 0.25) is 0 Å². The summed E-state index contributed by atoms with van der Waals surface area (Å²) in [4.78, 5) is 2.37. The number of benzene rings is 9. The SMILES string of the molecule is CC1(C)c2ccccc2-c2cc(N(c3ccc(-c4cc5c6ccccc6ccc5c5ccccc45)cc3)c3ccc4c(c3)oc3ccccc34)ccc21. The molecule has 0 N–H and O–H groups in total. The maximum atomic E-state index is 6.42. The Balaban J connectivity index is 1.10. The van der Waals surface area contributed by atoms with Crippen molar-refractivity contribution in [3.05, 3.63) is 187 Å². The molecule has 250 valence electrons. The van der Waals surface area contributed by atoms with Crippen molar-refractivity contribution in [2.45, 2.75) is 19.3 Å². The predicted molar refractivity (Wildman–Crippen MR) is 224 cm³/mol. The van der Waals surface area contributed by atoms with Crippen LogP contribution >= 0.6 is 0 Å². The second kappa shape index (κ2) is 11.2. The molecule has 9 aromatic carbocycles. The summed E-state index contributed by atoms with van der Waals surface area (Å²) in [6, 6.07) is 64.3. The first kappa shape index (κ1) is 30.0. The second-order valence-corrected chi connectivity index (χ2v) is 14.9. The van der Waals surface area contributed by atoms with Gasteiger partial charge in [0.1, 0.15) is 11.2 Å². The van der Waals surface area contributed by atoms with E-state index in [1.807, 2.05) is 12.1 Å². The summed E-state index contributed by atoms with van der Waals surface area (Å²) in [7, 11) is 0.